The van der Waals surface area contributed by atoms with Crippen molar-refractivity contribution in [1.29, 1.82) is 0 Å². The van der Waals surface area contributed by atoms with Crippen LogP contribution in [0.3, 0.4) is 0 Å². The standard InChI is InChI=1S/C14H26N2O3/c1-2-5-15-6-3-12(4-7-15)16-8-9-19-11-13(16)10-14(17)18/h12-13H,2-11H2,1H3,(H,17,18). The van der Waals surface area contributed by atoms with E-state index in [0.717, 1.165) is 39.1 Å². The fraction of sp³-hybridized carbons (Fsp3) is 0.929. The topological polar surface area (TPSA) is 53.0 Å². The van der Waals surface area contributed by atoms with Crippen molar-refractivity contribution in [3.8, 4) is 0 Å². The molecule has 2 aliphatic heterocycles. The number of rotatable bonds is 5. The van der Waals surface area contributed by atoms with Crippen molar-refractivity contribution >= 4 is 5.97 Å². The molecule has 2 saturated heterocycles. The molecule has 0 saturated carbocycles. The molecule has 0 bridgehead atoms. The number of carboxylic acids is 1. The Bertz CT molecular complexity index is 290. The van der Waals surface area contributed by atoms with Gasteiger partial charge < -0.3 is 14.7 Å². The Morgan fingerprint density at radius 2 is 2.05 bits per heavy atom. The summed E-state index contributed by atoms with van der Waals surface area (Å²) in [4.78, 5) is 15.8. The minimum Gasteiger partial charge on any atom is -0.481 e. The van der Waals surface area contributed by atoms with Gasteiger partial charge in [-0.1, -0.05) is 6.92 Å². The fourth-order valence-corrected chi connectivity index (χ4v) is 3.32. The number of carbonyl (C=O) groups is 1. The largest absolute Gasteiger partial charge is 0.481 e. The van der Waals surface area contributed by atoms with Crippen molar-refractivity contribution in [3.63, 3.8) is 0 Å². The second-order valence-corrected chi connectivity index (χ2v) is 5.64. The van der Waals surface area contributed by atoms with E-state index in [9.17, 15) is 4.79 Å². The Labute approximate surface area is 115 Å². The van der Waals surface area contributed by atoms with Gasteiger partial charge in [0.05, 0.1) is 19.6 Å². The molecule has 1 N–H and O–H groups in total. The molecule has 19 heavy (non-hydrogen) atoms. The molecule has 5 heteroatoms. The van der Waals surface area contributed by atoms with Gasteiger partial charge in [-0.3, -0.25) is 9.69 Å². The van der Waals surface area contributed by atoms with E-state index in [4.69, 9.17) is 9.84 Å². The van der Waals surface area contributed by atoms with Crippen LogP contribution in [-0.2, 0) is 9.53 Å². The van der Waals surface area contributed by atoms with Gasteiger partial charge >= 0.3 is 5.97 Å². The van der Waals surface area contributed by atoms with Crippen LogP contribution in [0.15, 0.2) is 0 Å². The summed E-state index contributed by atoms with van der Waals surface area (Å²) in [6.45, 7) is 7.90. The van der Waals surface area contributed by atoms with Crippen LogP contribution in [0.1, 0.15) is 32.6 Å². The number of likely N-dealkylation sites (tertiary alicyclic amines) is 1. The predicted molar refractivity (Wildman–Crippen MR) is 73.3 cm³/mol. The molecular weight excluding hydrogens is 244 g/mol. The molecule has 0 aliphatic carbocycles. The van der Waals surface area contributed by atoms with Crippen LogP contribution in [0.4, 0.5) is 0 Å². The number of nitrogens with zero attached hydrogens (tertiary/aromatic N) is 2. The average Bonchev–Trinajstić information content (AvgIpc) is 2.40. The summed E-state index contributed by atoms with van der Waals surface area (Å²) in [6, 6.07) is 0.607. The van der Waals surface area contributed by atoms with E-state index >= 15 is 0 Å². The lowest BCUT2D eigenvalue weighted by atomic mass is 9.99. The number of hydrogen-bond acceptors (Lipinski definition) is 4. The Balaban J connectivity index is 1.86. The van der Waals surface area contributed by atoms with E-state index in [1.165, 1.54) is 13.0 Å². The molecule has 1 atom stereocenters. The van der Waals surface area contributed by atoms with Crippen molar-refractivity contribution in [2.24, 2.45) is 0 Å². The first kappa shape index (κ1) is 14.8. The number of morpholine rings is 1. The van der Waals surface area contributed by atoms with Gasteiger partial charge in [0.1, 0.15) is 0 Å². The van der Waals surface area contributed by atoms with Crippen molar-refractivity contribution in [3.05, 3.63) is 0 Å². The molecule has 0 aromatic rings. The van der Waals surface area contributed by atoms with Crippen LogP contribution in [0.5, 0.6) is 0 Å². The molecule has 2 rings (SSSR count). The quantitative estimate of drug-likeness (QED) is 0.809. The van der Waals surface area contributed by atoms with Crippen molar-refractivity contribution < 1.29 is 14.6 Å². The maximum atomic E-state index is 10.9. The smallest absolute Gasteiger partial charge is 0.305 e. The van der Waals surface area contributed by atoms with Crippen LogP contribution in [-0.4, -0.2) is 72.4 Å². The van der Waals surface area contributed by atoms with Gasteiger partial charge in [-0.25, -0.2) is 0 Å². The summed E-state index contributed by atoms with van der Waals surface area (Å²) in [5, 5.41) is 9.00. The lowest BCUT2D eigenvalue weighted by Crippen LogP contribution is -2.54. The summed E-state index contributed by atoms with van der Waals surface area (Å²) >= 11 is 0. The Morgan fingerprint density at radius 1 is 1.32 bits per heavy atom. The van der Waals surface area contributed by atoms with Crippen LogP contribution in [0.25, 0.3) is 0 Å². The van der Waals surface area contributed by atoms with Gasteiger partial charge in [0.25, 0.3) is 0 Å². The lowest BCUT2D eigenvalue weighted by molar-refractivity contribution is -0.141. The van der Waals surface area contributed by atoms with E-state index in [0.29, 0.717) is 12.6 Å². The number of ether oxygens (including phenoxy) is 1. The first-order chi connectivity index (χ1) is 9.20. The Kier molecular flexibility index (Phi) is 5.60. The molecule has 2 fully saturated rings. The molecule has 110 valence electrons. The van der Waals surface area contributed by atoms with E-state index < -0.39 is 5.97 Å². The molecule has 0 spiro atoms. The monoisotopic (exact) mass is 270 g/mol. The highest BCUT2D eigenvalue weighted by Gasteiger charge is 2.32. The maximum Gasteiger partial charge on any atom is 0.305 e. The summed E-state index contributed by atoms with van der Waals surface area (Å²) in [7, 11) is 0. The lowest BCUT2D eigenvalue weighted by Gasteiger charge is -2.44. The molecule has 0 amide bonds. The highest BCUT2D eigenvalue weighted by Crippen LogP contribution is 2.22. The maximum absolute atomic E-state index is 10.9. The predicted octanol–water partition coefficient (Wildman–Crippen LogP) is 1.04. The third-order valence-electron chi connectivity index (χ3n) is 4.25. The van der Waals surface area contributed by atoms with E-state index in [1.807, 2.05) is 0 Å². The SMILES string of the molecule is CCCN1CCC(N2CCOCC2CC(=O)O)CC1. The molecular formula is C14H26N2O3. The zero-order valence-corrected chi connectivity index (χ0v) is 11.9. The first-order valence-electron chi connectivity index (χ1n) is 7.48. The van der Waals surface area contributed by atoms with Gasteiger partial charge in [0.2, 0.25) is 0 Å². The van der Waals surface area contributed by atoms with Crippen LogP contribution >= 0.6 is 0 Å². The molecule has 0 aromatic carbocycles. The summed E-state index contributed by atoms with van der Waals surface area (Å²) < 4.78 is 5.45. The Hall–Kier alpha value is -0.650. The molecule has 0 radical (unpaired) electrons. The third-order valence-corrected chi connectivity index (χ3v) is 4.25. The van der Waals surface area contributed by atoms with Gasteiger partial charge in [-0.15, -0.1) is 0 Å². The second kappa shape index (κ2) is 7.22. The van der Waals surface area contributed by atoms with E-state index in [1.54, 1.807) is 0 Å². The fourth-order valence-electron chi connectivity index (χ4n) is 3.32. The zero-order valence-electron chi connectivity index (χ0n) is 11.9. The summed E-state index contributed by atoms with van der Waals surface area (Å²) in [5.74, 6) is -0.719. The number of carboxylic acid groups (broad SMARTS) is 1. The Morgan fingerprint density at radius 3 is 2.68 bits per heavy atom. The van der Waals surface area contributed by atoms with Crippen molar-refractivity contribution in [1.82, 2.24) is 9.80 Å². The van der Waals surface area contributed by atoms with Gasteiger partial charge in [-0.2, -0.15) is 0 Å². The normalized spacial score (nSPS) is 27.5. The van der Waals surface area contributed by atoms with Gasteiger partial charge in [-0.05, 0) is 38.9 Å². The van der Waals surface area contributed by atoms with Gasteiger partial charge in [0.15, 0.2) is 0 Å². The minimum absolute atomic E-state index is 0.0639. The van der Waals surface area contributed by atoms with Crippen molar-refractivity contribution in [2.75, 3.05) is 39.4 Å². The highest BCUT2D eigenvalue weighted by molar-refractivity contribution is 5.67. The van der Waals surface area contributed by atoms with E-state index in [2.05, 4.69) is 16.7 Å². The number of hydrogen-bond donors (Lipinski definition) is 1. The van der Waals surface area contributed by atoms with E-state index in [-0.39, 0.29) is 12.5 Å². The average molecular weight is 270 g/mol. The van der Waals surface area contributed by atoms with Crippen LogP contribution in [0.2, 0.25) is 0 Å². The highest BCUT2D eigenvalue weighted by atomic mass is 16.5. The van der Waals surface area contributed by atoms with Crippen LogP contribution in [0, 0.1) is 0 Å². The summed E-state index contributed by atoms with van der Waals surface area (Å²) in [5.41, 5.74) is 0. The molecule has 5 nitrogen and oxygen atoms in total. The minimum atomic E-state index is -0.719. The molecule has 1 unspecified atom stereocenters. The summed E-state index contributed by atoms with van der Waals surface area (Å²) in [6.07, 6.45) is 3.74. The molecule has 2 aliphatic rings. The van der Waals surface area contributed by atoms with Gasteiger partial charge in [0, 0.05) is 18.6 Å². The van der Waals surface area contributed by atoms with Crippen LogP contribution < -0.4 is 0 Å². The zero-order chi connectivity index (χ0) is 13.7. The molecule has 2 heterocycles. The molecule has 0 aromatic heterocycles. The number of piperidine rings is 1. The third kappa shape index (κ3) is 4.16. The first-order valence-corrected chi connectivity index (χ1v) is 7.48. The second-order valence-electron chi connectivity index (χ2n) is 5.64. The number of aliphatic carboxylic acids is 1. The van der Waals surface area contributed by atoms with Crippen molar-refractivity contribution in [2.45, 2.75) is 44.7 Å².